The minimum absolute atomic E-state index is 0.435. The first-order chi connectivity index (χ1) is 10.9. The van der Waals surface area contributed by atoms with Crippen molar-refractivity contribution in [2.45, 2.75) is 25.8 Å². The molecule has 0 unspecified atom stereocenters. The van der Waals surface area contributed by atoms with E-state index in [0.29, 0.717) is 18.5 Å². The van der Waals surface area contributed by atoms with Crippen LogP contribution in [0.1, 0.15) is 24.4 Å². The molecule has 4 rings (SSSR count). The minimum atomic E-state index is 0.435. The highest BCUT2D eigenvalue weighted by atomic mass is 16.4. The number of aromatic nitrogens is 5. The van der Waals surface area contributed by atoms with Crippen LogP contribution in [0.15, 0.2) is 40.9 Å². The third-order valence-corrected chi connectivity index (χ3v) is 3.61. The smallest absolute Gasteiger partial charge is 0.315 e. The van der Waals surface area contributed by atoms with E-state index in [1.807, 2.05) is 36.5 Å². The van der Waals surface area contributed by atoms with Gasteiger partial charge in [0.2, 0.25) is 5.89 Å². The first-order valence-corrected chi connectivity index (χ1v) is 7.40. The molecule has 0 aliphatic heterocycles. The van der Waals surface area contributed by atoms with Gasteiger partial charge in [0.25, 0.3) is 0 Å². The molecule has 0 bridgehead atoms. The van der Waals surface area contributed by atoms with Crippen LogP contribution in [0.2, 0.25) is 0 Å². The largest absolute Gasteiger partial charge is 0.408 e. The molecule has 1 aliphatic rings. The van der Waals surface area contributed by atoms with Crippen LogP contribution >= 0.6 is 0 Å². The van der Waals surface area contributed by atoms with Crippen LogP contribution in [-0.2, 0) is 13.0 Å². The molecule has 1 aromatic carbocycles. The van der Waals surface area contributed by atoms with Crippen molar-refractivity contribution in [1.29, 1.82) is 0 Å². The number of hydrogen-bond donors (Lipinski definition) is 1. The van der Waals surface area contributed by atoms with Gasteiger partial charge in [-0.05, 0) is 30.9 Å². The summed E-state index contributed by atoms with van der Waals surface area (Å²) >= 11 is 0. The van der Waals surface area contributed by atoms with Gasteiger partial charge in [0.05, 0.1) is 18.4 Å². The second-order valence-corrected chi connectivity index (χ2v) is 5.49. The lowest BCUT2D eigenvalue weighted by Crippen LogP contribution is -1.99. The summed E-state index contributed by atoms with van der Waals surface area (Å²) in [6.07, 6.45) is 5.31. The second-order valence-electron chi connectivity index (χ2n) is 5.49. The molecule has 7 nitrogen and oxygen atoms in total. The summed E-state index contributed by atoms with van der Waals surface area (Å²) in [5, 5.41) is 19.4. The summed E-state index contributed by atoms with van der Waals surface area (Å²) < 4.78 is 7.30. The first kappa shape index (κ1) is 13.0. The topological polar surface area (TPSA) is 81.7 Å². The van der Waals surface area contributed by atoms with Crippen molar-refractivity contribution < 1.29 is 4.42 Å². The second kappa shape index (κ2) is 5.59. The van der Waals surface area contributed by atoms with Crippen LogP contribution in [-0.4, -0.2) is 25.2 Å². The van der Waals surface area contributed by atoms with Gasteiger partial charge in [-0.3, -0.25) is 0 Å². The fraction of sp³-hybridized carbons (Fsp3) is 0.333. The van der Waals surface area contributed by atoms with Gasteiger partial charge in [0.15, 0.2) is 0 Å². The van der Waals surface area contributed by atoms with Crippen LogP contribution < -0.4 is 5.32 Å². The molecule has 1 aliphatic carbocycles. The highest BCUT2D eigenvalue weighted by Crippen LogP contribution is 2.32. The highest BCUT2D eigenvalue weighted by Gasteiger charge is 2.24. The number of nitrogens with one attached hydrogen (secondary N) is 1. The Hall–Kier alpha value is -2.70. The average Bonchev–Trinajstić information content (AvgIpc) is 3.06. The van der Waals surface area contributed by atoms with Gasteiger partial charge in [0, 0.05) is 6.42 Å². The maximum absolute atomic E-state index is 5.56. The summed E-state index contributed by atoms with van der Waals surface area (Å²) in [5.74, 6) is 1.44. The van der Waals surface area contributed by atoms with Crippen molar-refractivity contribution in [2.75, 3.05) is 5.32 Å². The zero-order valence-electron chi connectivity index (χ0n) is 12.0. The summed E-state index contributed by atoms with van der Waals surface area (Å²) in [4.78, 5) is 0. The Kier molecular flexibility index (Phi) is 3.30. The molecule has 1 N–H and O–H groups in total. The van der Waals surface area contributed by atoms with E-state index in [4.69, 9.17) is 4.42 Å². The molecule has 112 valence electrons. The maximum Gasteiger partial charge on any atom is 0.315 e. The molecular formula is C15H16N6O. The average molecular weight is 296 g/mol. The molecule has 7 heteroatoms. The minimum Gasteiger partial charge on any atom is -0.408 e. The van der Waals surface area contributed by atoms with Crippen molar-refractivity contribution in [3.05, 3.63) is 48.1 Å². The maximum atomic E-state index is 5.56. The monoisotopic (exact) mass is 296 g/mol. The fourth-order valence-corrected chi connectivity index (χ4v) is 2.23. The molecule has 1 fully saturated rings. The Balaban J connectivity index is 1.37. The third kappa shape index (κ3) is 2.98. The third-order valence-electron chi connectivity index (χ3n) is 3.61. The summed E-state index contributed by atoms with van der Waals surface area (Å²) in [5.41, 5.74) is 1.79. The summed E-state index contributed by atoms with van der Waals surface area (Å²) in [7, 11) is 0. The Morgan fingerprint density at radius 2 is 2.00 bits per heavy atom. The lowest BCUT2D eigenvalue weighted by atomic mass is 10.3. The number of anilines is 1. The zero-order valence-corrected chi connectivity index (χ0v) is 12.0. The van der Waals surface area contributed by atoms with E-state index in [9.17, 15) is 0 Å². The Morgan fingerprint density at radius 1 is 1.14 bits per heavy atom. The van der Waals surface area contributed by atoms with Crippen LogP contribution in [0.25, 0.3) is 5.69 Å². The van der Waals surface area contributed by atoms with Gasteiger partial charge in [-0.15, -0.1) is 10.2 Å². The van der Waals surface area contributed by atoms with E-state index in [1.54, 1.807) is 4.68 Å². The molecule has 22 heavy (non-hydrogen) atoms. The quantitative estimate of drug-likeness (QED) is 0.751. The van der Waals surface area contributed by atoms with Crippen molar-refractivity contribution in [2.24, 2.45) is 5.92 Å². The molecule has 0 radical (unpaired) electrons. The molecule has 1 saturated carbocycles. The normalized spacial score (nSPS) is 14.2. The van der Waals surface area contributed by atoms with Gasteiger partial charge in [-0.1, -0.05) is 28.5 Å². The Labute approximate surface area is 127 Å². The van der Waals surface area contributed by atoms with Gasteiger partial charge in [-0.25, -0.2) is 4.68 Å². The number of rotatable bonds is 6. The van der Waals surface area contributed by atoms with Crippen molar-refractivity contribution >= 4 is 6.01 Å². The molecule has 2 heterocycles. The predicted molar refractivity (Wildman–Crippen MR) is 79.4 cm³/mol. The van der Waals surface area contributed by atoms with E-state index in [2.05, 4.69) is 25.8 Å². The van der Waals surface area contributed by atoms with Crippen molar-refractivity contribution in [1.82, 2.24) is 25.2 Å². The number of benzene rings is 1. The first-order valence-electron chi connectivity index (χ1n) is 7.40. The van der Waals surface area contributed by atoms with E-state index in [0.717, 1.165) is 23.7 Å². The molecule has 2 aromatic heterocycles. The van der Waals surface area contributed by atoms with E-state index in [-0.39, 0.29) is 0 Å². The Bertz CT molecular complexity index is 746. The summed E-state index contributed by atoms with van der Waals surface area (Å²) in [6.45, 7) is 0.498. The van der Waals surface area contributed by atoms with Crippen LogP contribution in [0.3, 0.4) is 0 Å². The lowest BCUT2D eigenvalue weighted by molar-refractivity contribution is 0.491. The van der Waals surface area contributed by atoms with Crippen LogP contribution in [0.4, 0.5) is 6.01 Å². The van der Waals surface area contributed by atoms with Gasteiger partial charge < -0.3 is 9.73 Å². The van der Waals surface area contributed by atoms with E-state index in [1.165, 1.54) is 12.8 Å². The number of para-hydroxylation sites is 1. The fourth-order valence-electron chi connectivity index (χ4n) is 2.23. The molecular weight excluding hydrogens is 280 g/mol. The molecule has 0 spiro atoms. The lowest BCUT2D eigenvalue weighted by Gasteiger charge is -1.98. The van der Waals surface area contributed by atoms with Crippen molar-refractivity contribution in [3.8, 4) is 5.69 Å². The van der Waals surface area contributed by atoms with E-state index < -0.39 is 0 Å². The SMILES string of the molecule is c1ccc(-n2cc(CNc3nnc(CC4CC4)o3)nn2)cc1. The van der Waals surface area contributed by atoms with E-state index >= 15 is 0 Å². The molecule has 0 atom stereocenters. The van der Waals surface area contributed by atoms with Crippen molar-refractivity contribution in [3.63, 3.8) is 0 Å². The van der Waals surface area contributed by atoms with Crippen LogP contribution in [0.5, 0.6) is 0 Å². The molecule has 0 amide bonds. The number of hydrogen-bond acceptors (Lipinski definition) is 6. The zero-order chi connectivity index (χ0) is 14.8. The Morgan fingerprint density at radius 3 is 2.82 bits per heavy atom. The standard InChI is InChI=1S/C15H16N6O/c1-2-4-13(5-3-1)21-10-12(17-20-21)9-16-15-19-18-14(22-15)8-11-6-7-11/h1-5,10-11H,6-9H2,(H,16,19). The molecule has 0 saturated heterocycles. The summed E-state index contributed by atoms with van der Waals surface area (Å²) in [6, 6.07) is 10.3. The van der Waals surface area contributed by atoms with Gasteiger partial charge in [-0.2, -0.15) is 0 Å². The van der Waals surface area contributed by atoms with Gasteiger partial charge >= 0.3 is 6.01 Å². The molecule has 3 aromatic rings. The number of nitrogens with zero attached hydrogens (tertiary/aromatic N) is 5. The highest BCUT2D eigenvalue weighted by molar-refractivity contribution is 5.30. The van der Waals surface area contributed by atoms with Crippen LogP contribution in [0, 0.1) is 5.92 Å². The van der Waals surface area contributed by atoms with Gasteiger partial charge in [0.1, 0.15) is 5.69 Å². The predicted octanol–water partition coefficient (Wildman–Crippen LogP) is 2.21.